The van der Waals surface area contributed by atoms with Crippen LogP contribution in [0, 0.1) is 5.92 Å². The quantitative estimate of drug-likeness (QED) is 0.507. The maximum Gasteiger partial charge on any atom is 0.306 e. The topological polar surface area (TPSA) is 49.3 Å². The summed E-state index contributed by atoms with van der Waals surface area (Å²) >= 11 is 0. The molecule has 1 rings (SSSR count). The molecule has 1 heterocycles. The molecule has 1 fully saturated rings. The van der Waals surface area contributed by atoms with E-state index in [1.807, 2.05) is 0 Å². The first-order chi connectivity index (χ1) is 4.30. The van der Waals surface area contributed by atoms with E-state index in [0.717, 1.165) is 25.9 Å². The van der Waals surface area contributed by atoms with Gasteiger partial charge in [0.1, 0.15) is 0 Å². The maximum atomic E-state index is 10.3. The van der Waals surface area contributed by atoms with Crippen molar-refractivity contribution in [1.29, 1.82) is 0 Å². The Bertz CT molecular complexity index is 112. The number of rotatable bonds is 1. The van der Waals surface area contributed by atoms with Crippen molar-refractivity contribution in [2.24, 2.45) is 5.92 Å². The van der Waals surface area contributed by atoms with Crippen molar-refractivity contribution >= 4 is 35.5 Å². The minimum atomic E-state index is -0.642. The largest absolute Gasteiger partial charge is 0.481 e. The second-order valence-corrected chi connectivity index (χ2v) is 2.36. The first-order valence-electron chi connectivity index (χ1n) is 3.24. The number of piperidine rings is 1. The van der Waals surface area contributed by atoms with Crippen molar-refractivity contribution in [3.63, 3.8) is 0 Å². The molecule has 1 radical (unpaired) electrons. The summed E-state index contributed by atoms with van der Waals surface area (Å²) < 4.78 is 0. The second kappa shape index (κ2) is 5.13. The second-order valence-electron chi connectivity index (χ2n) is 2.36. The molecule has 53 valence electrons. The van der Waals surface area contributed by atoms with Crippen molar-refractivity contribution < 1.29 is 9.90 Å². The van der Waals surface area contributed by atoms with Crippen LogP contribution in [-0.4, -0.2) is 53.7 Å². The predicted octanol–water partition coefficient (Wildman–Crippen LogP) is -0.310. The number of carboxylic acids is 1. The van der Waals surface area contributed by atoms with Gasteiger partial charge >= 0.3 is 5.97 Å². The van der Waals surface area contributed by atoms with Gasteiger partial charge in [-0.3, -0.25) is 4.79 Å². The fourth-order valence-corrected chi connectivity index (χ4v) is 1.07. The van der Waals surface area contributed by atoms with Gasteiger partial charge in [-0.15, -0.1) is 0 Å². The number of hydrogen-bond acceptors (Lipinski definition) is 2. The van der Waals surface area contributed by atoms with Crippen molar-refractivity contribution in [3.05, 3.63) is 0 Å². The molecule has 0 spiro atoms. The molecule has 0 amide bonds. The van der Waals surface area contributed by atoms with E-state index in [9.17, 15) is 4.79 Å². The molecule has 0 saturated carbocycles. The van der Waals surface area contributed by atoms with E-state index in [1.165, 1.54) is 0 Å². The van der Waals surface area contributed by atoms with Gasteiger partial charge in [0.25, 0.3) is 0 Å². The molecule has 0 aliphatic carbocycles. The SMILES string of the molecule is O=C(O)C1CCNCC1.[Na]. The number of hydrogen-bond donors (Lipinski definition) is 2. The molecule has 0 bridgehead atoms. The Morgan fingerprint density at radius 1 is 1.40 bits per heavy atom. The third-order valence-electron chi connectivity index (χ3n) is 1.69. The fourth-order valence-electron chi connectivity index (χ4n) is 1.07. The van der Waals surface area contributed by atoms with E-state index in [-0.39, 0.29) is 35.5 Å². The normalized spacial score (nSPS) is 19.6. The molecule has 2 N–H and O–H groups in total. The van der Waals surface area contributed by atoms with Crippen LogP contribution in [0.1, 0.15) is 12.8 Å². The van der Waals surface area contributed by atoms with Crippen molar-refractivity contribution in [1.82, 2.24) is 5.32 Å². The smallest absolute Gasteiger partial charge is 0.306 e. The summed E-state index contributed by atoms with van der Waals surface area (Å²) in [5, 5.41) is 11.6. The maximum absolute atomic E-state index is 10.3. The molecule has 4 heteroatoms. The van der Waals surface area contributed by atoms with E-state index in [1.54, 1.807) is 0 Å². The van der Waals surface area contributed by atoms with Crippen LogP contribution in [0.2, 0.25) is 0 Å². The van der Waals surface area contributed by atoms with E-state index < -0.39 is 5.97 Å². The standard InChI is InChI=1S/C6H11NO2.Na/c8-6(9)5-1-3-7-4-2-5;/h5,7H,1-4H2,(H,8,9);. The monoisotopic (exact) mass is 152 g/mol. The van der Waals surface area contributed by atoms with E-state index in [2.05, 4.69) is 5.32 Å². The van der Waals surface area contributed by atoms with Crippen molar-refractivity contribution in [3.8, 4) is 0 Å². The van der Waals surface area contributed by atoms with Crippen LogP contribution in [0.3, 0.4) is 0 Å². The van der Waals surface area contributed by atoms with Crippen molar-refractivity contribution in [2.45, 2.75) is 12.8 Å². The van der Waals surface area contributed by atoms with Gasteiger partial charge in [-0.2, -0.15) is 0 Å². The predicted molar refractivity (Wildman–Crippen MR) is 39.0 cm³/mol. The summed E-state index contributed by atoms with van der Waals surface area (Å²) in [5.41, 5.74) is 0. The van der Waals surface area contributed by atoms with Crippen LogP contribution >= 0.6 is 0 Å². The van der Waals surface area contributed by atoms with Crippen LogP contribution in [0.4, 0.5) is 0 Å². The van der Waals surface area contributed by atoms with Gasteiger partial charge in [-0.1, -0.05) is 0 Å². The molecule has 3 nitrogen and oxygen atoms in total. The first-order valence-corrected chi connectivity index (χ1v) is 3.24. The number of aliphatic carboxylic acids is 1. The summed E-state index contributed by atoms with van der Waals surface area (Å²) in [6.45, 7) is 1.72. The average Bonchev–Trinajstić information content (AvgIpc) is 1.90. The molecular weight excluding hydrogens is 141 g/mol. The summed E-state index contributed by atoms with van der Waals surface area (Å²) in [5.74, 6) is -0.734. The van der Waals surface area contributed by atoms with Gasteiger partial charge in [0.2, 0.25) is 0 Å². The Balaban J connectivity index is 0.000000810. The van der Waals surface area contributed by atoms with Crippen LogP contribution in [0.15, 0.2) is 0 Å². The fraction of sp³-hybridized carbons (Fsp3) is 0.833. The van der Waals surface area contributed by atoms with E-state index >= 15 is 0 Å². The minimum Gasteiger partial charge on any atom is -0.481 e. The van der Waals surface area contributed by atoms with Crippen molar-refractivity contribution in [2.75, 3.05) is 13.1 Å². The zero-order valence-electron chi connectivity index (χ0n) is 6.26. The zero-order valence-corrected chi connectivity index (χ0v) is 8.26. The van der Waals surface area contributed by atoms with Gasteiger partial charge in [0.05, 0.1) is 5.92 Å². The Morgan fingerprint density at radius 3 is 2.20 bits per heavy atom. The van der Waals surface area contributed by atoms with E-state index in [4.69, 9.17) is 5.11 Å². The molecule has 1 saturated heterocycles. The molecule has 0 aromatic heterocycles. The molecule has 0 aromatic rings. The summed E-state index contributed by atoms with van der Waals surface area (Å²) in [6, 6.07) is 0. The van der Waals surface area contributed by atoms with Gasteiger partial charge in [-0.25, -0.2) is 0 Å². The minimum absolute atomic E-state index is 0. The molecule has 1 aliphatic rings. The third kappa shape index (κ3) is 3.01. The molecule has 0 unspecified atom stereocenters. The summed E-state index contributed by atoms with van der Waals surface area (Å²) in [7, 11) is 0. The Hall–Kier alpha value is 0.430. The van der Waals surface area contributed by atoms with E-state index in [0.29, 0.717) is 0 Å². The molecule has 10 heavy (non-hydrogen) atoms. The molecule has 0 atom stereocenters. The summed E-state index contributed by atoms with van der Waals surface area (Å²) in [6.07, 6.45) is 1.57. The van der Waals surface area contributed by atoms with Crippen LogP contribution in [0.25, 0.3) is 0 Å². The van der Waals surface area contributed by atoms with Crippen LogP contribution < -0.4 is 5.32 Å². The average molecular weight is 152 g/mol. The summed E-state index contributed by atoms with van der Waals surface area (Å²) in [4.78, 5) is 10.3. The third-order valence-corrected chi connectivity index (χ3v) is 1.69. The Kier molecular flexibility index (Phi) is 5.35. The Labute approximate surface area is 82.5 Å². The van der Waals surface area contributed by atoms with Gasteiger partial charge < -0.3 is 10.4 Å². The van der Waals surface area contributed by atoms with Crippen LogP contribution in [-0.2, 0) is 4.79 Å². The van der Waals surface area contributed by atoms with Crippen LogP contribution in [0.5, 0.6) is 0 Å². The van der Waals surface area contributed by atoms with Gasteiger partial charge in [0.15, 0.2) is 0 Å². The first kappa shape index (κ1) is 10.4. The number of carbonyl (C=O) groups is 1. The zero-order chi connectivity index (χ0) is 6.69. The number of carboxylic acid groups (broad SMARTS) is 1. The van der Waals surface area contributed by atoms with Gasteiger partial charge in [-0.05, 0) is 25.9 Å². The molecular formula is C6H11NNaO2. The molecule has 0 aromatic carbocycles. The van der Waals surface area contributed by atoms with Gasteiger partial charge in [0, 0.05) is 29.6 Å². The Morgan fingerprint density at radius 2 is 1.90 bits per heavy atom. The molecule has 1 aliphatic heterocycles. The number of nitrogens with one attached hydrogen (secondary N) is 1.